The minimum absolute atomic E-state index is 0.0152. The first-order valence-electron chi connectivity index (χ1n) is 16.3. The fourth-order valence-electron chi connectivity index (χ4n) is 5.86. The SMILES string of the molecule is O=C(CCCC[C@@H]1SC[C@@H]2NC(=O)N[C@@H]21)NCCOCCOCCNC(=O)CCC(=O)N1Cc2ccccc2C#Cc2ccccc21. The first-order chi connectivity index (χ1) is 23.0. The van der Waals surface area contributed by atoms with E-state index in [2.05, 4.69) is 33.1 Å². The number of nitrogens with one attached hydrogen (secondary N) is 4. The number of urea groups is 1. The van der Waals surface area contributed by atoms with Crippen LogP contribution in [-0.2, 0) is 30.4 Å². The summed E-state index contributed by atoms with van der Waals surface area (Å²) >= 11 is 1.89. The third kappa shape index (κ3) is 10.2. The average Bonchev–Trinajstić information content (AvgIpc) is 3.62. The van der Waals surface area contributed by atoms with Crippen LogP contribution in [0.3, 0.4) is 0 Å². The smallest absolute Gasteiger partial charge is 0.315 e. The predicted octanol–water partition coefficient (Wildman–Crippen LogP) is 2.70. The van der Waals surface area contributed by atoms with Crippen molar-refractivity contribution in [3.8, 4) is 11.8 Å². The molecule has 11 nitrogen and oxygen atoms in total. The number of nitrogens with zero attached hydrogens (tertiary/aromatic N) is 1. The van der Waals surface area contributed by atoms with Crippen molar-refractivity contribution in [2.24, 2.45) is 0 Å². The van der Waals surface area contributed by atoms with Crippen LogP contribution in [0.2, 0.25) is 0 Å². The van der Waals surface area contributed by atoms with E-state index in [0.717, 1.165) is 47.4 Å². The maximum absolute atomic E-state index is 13.3. The number of anilines is 1. The summed E-state index contributed by atoms with van der Waals surface area (Å²) in [4.78, 5) is 51.0. The van der Waals surface area contributed by atoms with Crippen molar-refractivity contribution >= 4 is 41.2 Å². The molecule has 3 heterocycles. The highest BCUT2D eigenvalue weighted by Gasteiger charge is 2.42. The van der Waals surface area contributed by atoms with Crippen molar-refractivity contribution in [1.82, 2.24) is 21.3 Å². The first kappa shape index (κ1) is 34.3. The molecule has 4 N–H and O–H groups in total. The van der Waals surface area contributed by atoms with Crippen LogP contribution in [0.5, 0.6) is 0 Å². The van der Waals surface area contributed by atoms with Crippen LogP contribution in [0.1, 0.15) is 55.2 Å². The summed E-state index contributed by atoms with van der Waals surface area (Å²) in [5, 5.41) is 12.0. The van der Waals surface area contributed by atoms with Gasteiger partial charge in [-0.05, 0) is 36.6 Å². The second-order valence-corrected chi connectivity index (χ2v) is 13.0. The van der Waals surface area contributed by atoms with Gasteiger partial charge in [-0.25, -0.2) is 4.79 Å². The molecule has 5 rings (SSSR count). The van der Waals surface area contributed by atoms with Gasteiger partial charge in [0.25, 0.3) is 0 Å². The second kappa shape index (κ2) is 17.8. The summed E-state index contributed by atoms with van der Waals surface area (Å²) in [7, 11) is 0. The average molecular weight is 662 g/mol. The van der Waals surface area contributed by atoms with Crippen molar-refractivity contribution < 1.29 is 28.7 Å². The van der Waals surface area contributed by atoms with Crippen LogP contribution in [0, 0.1) is 11.8 Å². The molecule has 0 aliphatic carbocycles. The van der Waals surface area contributed by atoms with Gasteiger partial charge in [0.15, 0.2) is 0 Å². The van der Waals surface area contributed by atoms with E-state index in [-0.39, 0.29) is 48.7 Å². The molecule has 0 aromatic heterocycles. The number of amides is 5. The van der Waals surface area contributed by atoms with Gasteiger partial charge in [0.1, 0.15) is 0 Å². The Morgan fingerprint density at radius 1 is 0.830 bits per heavy atom. The van der Waals surface area contributed by atoms with Crippen molar-refractivity contribution in [2.45, 2.75) is 62.4 Å². The molecule has 47 heavy (non-hydrogen) atoms. The molecule has 0 bridgehead atoms. The van der Waals surface area contributed by atoms with Crippen LogP contribution in [-0.4, -0.2) is 86.4 Å². The van der Waals surface area contributed by atoms with Crippen molar-refractivity contribution in [1.29, 1.82) is 0 Å². The van der Waals surface area contributed by atoms with E-state index in [1.807, 2.05) is 60.3 Å². The highest BCUT2D eigenvalue weighted by molar-refractivity contribution is 8.00. The van der Waals surface area contributed by atoms with E-state index in [9.17, 15) is 19.2 Å². The minimum atomic E-state index is -0.208. The molecule has 5 amide bonds. The van der Waals surface area contributed by atoms with E-state index in [4.69, 9.17) is 9.47 Å². The van der Waals surface area contributed by atoms with E-state index in [0.29, 0.717) is 57.7 Å². The molecule has 3 atom stereocenters. The number of thioether (sulfide) groups is 1. The number of hydrogen-bond acceptors (Lipinski definition) is 7. The Labute approximate surface area is 280 Å². The number of para-hydroxylation sites is 1. The summed E-state index contributed by atoms with van der Waals surface area (Å²) in [5.74, 6) is 7.01. The number of rotatable bonds is 17. The molecule has 0 radical (unpaired) electrons. The van der Waals surface area contributed by atoms with Gasteiger partial charge < -0.3 is 35.6 Å². The molecular weight excluding hydrogens is 618 g/mol. The lowest BCUT2D eigenvalue weighted by Gasteiger charge is -2.26. The molecular formula is C35H43N5O6S. The fraction of sp³-hybridized carbons (Fsp3) is 0.486. The number of ether oxygens (including phenoxy) is 2. The number of fused-ring (bicyclic) bond motifs is 3. The Morgan fingerprint density at radius 3 is 2.30 bits per heavy atom. The fourth-order valence-corrected chi connectivity index (χ4v) is 7.40. The van der Waals surface area contributed by atoms with Crippen molar-refractivity contribution in [3.63, 3.8) is 0 Å². The minimum Gasteiger partial charge on any atom is -0.377 e. The molecule has 12 heteroatoms. The van der Waals surface area contributed by atoms with Gasteiger partial charge in [0.2, 0.25) is 17.7 Å². The zero-order chi connectivity index (χ0) is 32.8. The molecule has 2 saturated heterocycles. The van der Waals surface area contributed by atoms with Crippen molar-refractivity contribution in [3.05, 3.63) is 65.2 Å². The maximum atomic E-state index is 13.3. The Balaban J connectivity index is 0.863. The number of hydrogen-bond donors (Lipinski definition) is 4. The van der Waals surface area contributed by atoms with Crippen LogP contribution in [0.25, 0.3) is 0 Å². The molecule has 3 aliphatic heterocycles. The van der Waals surface area contributed by atoms with Crippen LogP contribution < -0.4 is 26.2 Å². The Bertz CT molecular complexity index is 1480. The molecule has 0 saturated carbocycles. The van der Waals surface area contributed by atoms with Gasteiger partial charge >= 0.3 is 6.03 Å². The lowest BCUT2D eigenvalue weighted by molar-refractivity contribution is -0.125. The summed E-state index contributed by atoms with van der Waals surface area (Å²) in [6.07, 6.45) is 3.41. The molecule has 3 aliphatic rings. The van der Waals surface area contributed by atoms with E-state index in [1.165, 1.54) is 0 Å². The second-order valence-electron chi connectivity index (χ2n) is 11.7. The number of benzene rings is 2. The Hall–Kier alpha value is -4.05. The quantitative estimate of drug-likeness (QED) is 0.116. The van der Waals surface area contributed by atoms with Gasteiger partial charge in [-0.2, -0.15) is 11.8 Å². The Morgan fingerprint density at radius 2 is 1.51 bits per heavy atom. The highest BCUT2D eigenvalue weighted by Crippen LogP contribution is 2.33. The van der Waals surface area contributed by atoms with Gasteiger partial charge in [-0.1, -0.05) is 48.6 Å². The molecule has 2 aromatic rings. The number of carbonyl (C=O) groups is 4. The summed E-state index contributed by atoms with van der Waals surface area (Å²) < 4.78 is 11.0. The molecule has 250 valence electrons. The van der Waals surface area contributed by atoms with Crippen LogP contribution >= 0.6 is 11.8 Å². The van der Waals surface area contributed by atoms with E-state index in [1.54, 1.807) is 4.90 Å². The van der Waals surface area contributed by atoms with Crippen LogP contribution in [0.4, 0.5) is 10.5 Å². The van der Waals surface area contributed by atoms with Crippen molar-refractivity contribution in [2.75, 3.05) is 50.2 Å². The molecule has 2 fully saturated rings. The number of carbonyl (C=O) groups excluding carboxylic acids is 4. The van der Waals surface area contributed by atoms with E-state index >= 15 is 0 Å². The van der Waals surface area contributed by atoms with Gasteiger partial charge in [0.05, 0.1) is 50.7 Å². The maximum Gasteiger partial charge on any atom is 0.315 e. The normalized spacial score (nSPS) is 19.1. The third-order valence-corrected chi connectivity index (χ3v) is 9.84. The summed E-state index contributed by atoms with van der Waals surface area (Å²) in [6, 6.07) is 15.7. The number of unbranched alkanes of at least 4 members (excludes halogenated alkanes) is 1. The topological polar surface area (TPSA) is 138 Å². The molecule has 0 unspecified atom stereocenters. The molecule has 2 aromatic carbocycles. The van der Waals surface area contributed by atoms with E-state index < -0.39 is 0 Å². The van der Waals surface area contributed by atoms with Gasteiger partial charge in [0, 0.05) is 54.5 Å². The standard InChI is InChI=1S/C35H43N5O6S/c41-31(12-6-5-11-30-34-28(24-47-30)38-35(44)39-34)36-17-19-45-21-22-46-20-18-37-32(42)15-16-33(43)40-23-27-9-2-1-7-25(27)13-14-26-8-3-4-10-29(26)40/h1-4,7-10,28,30,34H,5-6,11-12,15-24H2,(H,36,41)(H,37,42)(H2,38,39,44)/t28-,30-,34-/m0/s1. The molecule has 0 spiro atoms. The lowest BCUT2D eigenvalue weighted by atomic mass is 10.0. The van der Waals surface area contributed by atoms with Crippen LogP contribution in [0.15, 0.2) is 48.5 Å². The third-order valence-electron chi connectivity index (χ3n) is 8.33. The summed E-state index contributed by atoms with van der Waals surface area (Å²) in [6.45, 7) is 2.66. The lowest BCUT2D eigenvalue weighted by Crippen LogP contribution is -2.36. The summed E-state index contributed by atoms with van der Waals surface area (Å²) in [5.41, 5.74) is 3.40. The first-order valence-corrected chi connectivity index (χ1v) is 17.4. The highest BCUT2D eigenvalue weighted by atomic mass is 32.2. The zero-order valence-electron chi connectivity index (χ0n) is 26.6. The Kier molecular flexibility index (Phi) is 13.0. The van der Waals surface area contributed by atoms with Gasteiger partial charge in [-0.15, -0.1) is 0 Å². The van der Waals surface area contributed by atoms with Gasteiger partial charge in [-0.3, -0.25) is 14.4 Å². The predicted molar refractivity (Wildman–Crippen MR) is 181 cm³/mol. The zero-order valence-corrected chi connectivity index (χ0v) is 27.4. The largest absolute Gasteiger partial charge is 0.377 e. The monoisotopic (exact) mass is 661 g/mol.